The van der Waals surface area contributed by atoms with Crippen LogP contribution < -0.4 is 4.57 Å². The Hall–Kier alpha value is -2.27. The van der Waals surface area contributed by atoms with Crippen molar-refractivity contribution >= 4 is 31.8 Å². The van der Waals surface area contributed by atoms with Crippen molar-refractivity contribution in [1.29, 1.82) is 0 Å². The molecule has 0 aromatic carbocycles. The number of thiophene rings is 1. The summed E-state index contributed by atoms with van der Waals surface area (Å²) < 4.78 is 9.44. The van der Waals surface area contributed by atoms with Gasteiger partial charge in [0, 0.05) is 24.0 Å². The van der Waals surface area contributed by atoms with E-state index in [0.29, 0.717) is 0 Å². The minimum Gasteiger partial charge on any atom is -0.395 e. The first-order valence-electron chi connectivity index (χ1n) is 6.05. The maximum atomic E-state index is 6.07. The van der Waals surface area contributed by atoms with Crippen molar-refractivity contribution in [2.75, 3.05) is 0 Å². The van der Waals surface area contributed by atoms with Gasteiger partial charge in [0.1, 0.15) is 0 Å². The van der Waals surface area contributed by atoms with Crippen molar-refractivity contribution < 1.29 is 8.98 Å². The molecule has 5 heterocycles. The second kappa shape index (κ2) is 3.19. The molecule has 0 amide bonds. The molecule has 0 saturated carbocycles. The maximum absolute atomic E-state index is 6.07. The summed E-state index contributed by atoms with van der Waals surface area (Å²) in [5, 5.41) is 1.13. The molecule has 5 heteroatoms. The third-order valence-corrected chi connectivity index (χ3v) is 4.69. The molecule has 0 unspecified atom stereocenters. The van der Waals surface area contributed by atoms with Gasteiger partial charge in [-0.1, -0.05) is 11.3 Å². The summed E-state index contributed by atoms with van der Waals surface area (Å²) in [5.74, 6) is 0.871. The van der Waals surface area contributed by atoms with Crippen LogP contribution in [-0.2, 0) is 6.54 Å². The number of fused-ring (bicyclic) bond motifs is 7. The van der Waals surface area contributed by atoms with Crippen molar-refractivity contribution in [3.8, 4) is 11.6 Å². The molecular weight excluding hydrogens is 258 g/mol. The SMILES string of the molecule is c1cnc2c(c1)C[n+]1c-2oc2c3ccncc3sc21. The summed E-state index contributed by atoms with van der Waals surface area (Å²) in [6.07, 6.45) is 5.51. The molecule has 0 aliphatic carbocycles. The van der Waals surface area contributed by atoms with Crippen LogP contribution in [0.5, 0.6) is 0 Å². The van der Waals surface area contributed by atoms with Gasteiger partial charge in [-0.2, -0.15) is 0 Å². The van der Waals surface area contributed by atoms with Gasteiger partial charge in [-0.25, -0.2) is 4.98 Å². The predicted molar refractivity (Wildman–Crippen MR) is 71.9 cm³/mol. The summed E-state index contributed by atoms with van der Waals surface area (Å²) >= 11 is 1.72. The largest absolute Gasteiger partial charge is 0.402 e. The number of aromatic nitrogens is 3. The Labute approximate surface area is 112 Å². The lowest BCUT2D eigenvalue weighted by Gasteiger charge is -1.88. The van der Waals surface area contributed by atoms with Crippen LogP contribution in [0.1, 0.15) is 5.56 Å². The monoisotopic (exact) mass is 266 g/mol. The first-order chi connectivity index (χ1) is 9.42. The highest BCUT2D eigenvalue weighted by Crippen LogP contribution is 2.37. The van der Waals surface area contributed by atoms with Crippen molar-refractivity contribution in [1.82, 2.24) is 9.97 Å². The van der Waals surface area contributed by atoms with Crippen LogP contribution in [0, 0.1) is 0 Å². The first kappa shape index (κ1) is 9.63. The fourth-order valence-electron chi connectivity index (χ4n) is 2.68. The molecule has 1 aliphatic heterocycles. The Bertz CT molecular complexity index is 954. The van der Waals surface area contributed by atoms with Crippen LogP contribution in [0.15, 0.2) is 41.2 Å². The van der Waals surface area contributed by atoms with E-state index in [1.54, 1.807) is 17.5 Å². The molecule has 90 valence electrons. The Morgan fingerprint density at radius 1 is 1.26 bits per heavy atom. The first-order valence-corrected chi connectivity index (χ1v) is 6.86. The minimum atomic E-state index is 0.839. The second-order valence-electron chi connectivity index (χ2n) is 4.61. The molecule has 0 radical (unpaired) electrons. The Kier molecular flexibility index (Phi) is 1.62. The molecule has 4 nitrogen and oxygen atoms in total. The van der Waals surface area contributed by atoms with E-state index in [0.717, 1.165) is 38.6 Å². The lowest BCUT2D eigenvalue weighted by molar-refractivity contribution is -0.647. The number of hydrogen-bond acceptors (Lipinski definition) is 4. The van der Waals surface area contributed by atoms with Gasteiger partial charge in [0.2, 0.25) is 5.58 Å². The van der Waals surface area contributed by atoms with Gasteiger partial charge in [-0.05, 0) is 18.2 Å². The summed E-state index contributed by atoms with van der Waals surface area (Å²) in [4.78, 5) is 9.76. The van der Waals surface area contributed by atoms with Gasteiger partial charge >= 0.3 is 10.7 Å². The molecule has 0 saturated heterocycles. The van der Waals surface area contributed by atoms with Crippen LogP contribution in [0.4, 0.5) is 0 Å². The Morgan fingerprint density at radius 3 is 3.26 bits per heavy atom. The third-order valence-electron chi connectivity index (χ3n) is 3.54. The topological polar surface area (TPSA) is 42.8 Å². The van der Waals surface area contributed by atoms with Crippen molar-refractivity contribution in [3.05, 3.63) is 42.4 Å². The number of hydrogen-bond donors (Lipinski definition) is 0. The number of pyridine rings is 2. The summed E-state index contributed by atoms with van der Waals surface area (Å²) in [5.41, 5.74) is 3.14. The van der Waals surface area contributed by atoms with Gasteiger partial charge in [0.15, 0.2) is 12.2 Å². The average Bonchev–Trinajstić information content (AvgIpc) is 3.07. The number of nitrogens with zero attached hydrogens (tertiary/aromatic N) is 3. The van der Waals surface area contributed by atoms with Crippen molar-refractivity contribution in [2.45, 2.75) is 6.54 Å². The molecule has 5 rings (SSSR count). The van der Waals surface area contributed by atoms with E-state index in [1.807, 2.05) is 24.5 Å². The van der Waals surface area contributed by atoms with E-state index in [4.69, 9.17) is 4.42 Å². The fourth-order valence-corrected chi connectivity index (χ4v) is 3.78. The Morgan fingerprint density at radius 2 is 2.26 bits per heavy atom. The maximum Gasteiger partial charge on any atom is 0.402 e. The predicted octanol–water partition coefficient (Wildman–Crippen LogP) is 2.75. The molecular formula is C14H8N3OS+. The Balaban J connectivity index is 1.93. The number of rotatable bonds is 0. The van der Waals surface area contributed by atoms with Crippen LogP contribution in [-0.4, -0.2) is 9.97 Å². The van der Waals surface area contributed by atoms with Gasteiger partial charge < -0.3 is 4.42 Å². The highest BCUT2D eigenvalue weighted by molar-refractivity contribution is 7.25. The fraction of sp³-hybridized carbons (Fsp3) is 0.0714. The molecule has 0 N–H and O–H groups in total. The summed E-state index contributed by atoms with van der Waals surface area (Å²) in [6.45, 7) is 0.839. The smallest absolute Gasteiger partial charge is 0.395 e. The van der Waals surface area contributed by atoms with Gasteiger partial charge in [0.05, 0.1) is 10.3 Å². The van der Waals surface area contributed by atoms with E-state index in [9.17, 15) is 0 Å². The molecule has 19 heavy (non-hydrogen) atoms. The van der Waals surface area contributed by atoms with E-state index in [1.165, 1.54) is 5.56 Å². The normalized spacial score (nSPS) is 13.1. The molecule has 0 fully saturated rings. The van der Waals surface area contributed by atoms with E-state index < -0.39 is 0 Å². The van der Waals surface area contributed by atoms with Crippen molar-refractivity contribution in [2.24, 2.45) is 0 Å². The zero-order valence-electron chi connectivity index (χ0n) is 9.83. The lowest BCUT2D eigenvalue weighted by atomic mass is 10.2. The van der Waals surface area contributed by atoms with E-state index in [2.05, 4.69) is 20.6 Å². The van der Waals surface area contributed by atoms with E-state index >= 15 is 0 Å². The average molecular weight is 266 g/mol. The van der Waals surface area contributed by atoms with Crippen LogP contribution in [0.2, 0.25) is 0 Å². The van der Waals surface area contributed by atoms with Gasteiger partial charge in [-0.3, -0.25) is 4.98 Å². The second-order valence-corrected chi connectivity index (χ2v) is 5.64. The summed E-state index contributed by atoms with van der Waals surface area (Å²) in [6, 6.07) is 6.08. The van der Waals surface area contributed by atoms with Crippen LogP contribution in [0.25, 0.3) is 32.1 Å². The van der Waals surface area contributed by atoms with Crippen molar-refractivity contribution in [3.63, 3.8) is 0 Å². The zero-order valence-corrected chi connectivity index (χ0v) is 10.6. The number of oxazole rings is 1. The van der Waals surface area contributed by atoms with Gasteiger partial charge in [-0.15, -0.1) is 4.57 Å². The van der Waals surface area contributed by atoms with Crippen LogP contribution in [0.3, 0.4) is 0 Å². The summed E-state index contributed by atoms with van der Waals surface area (Å²) in [7, 11) is 0. The molecule has 0 spiro atoms. The highest BCUT2D eigenvalue weighted by atomic mass is 32.1. The minimum absolute atomic E-state index is 0.839. The third kappa shape index (κ3) is 1.11. The molecule has 4 aromatic rings. The van der Waals surface area contributed by atoms with Gasteiger partial charge in [0.25, 0.3) is 0 Å². The zero-order chi connectivity index (χ0) is 12.4. The molecule has 0 bridgehead atoms. The lowest BCUT2D eigenvalue weighted by Crippen LogP contribution is -2.29. The molecule has 4 aromatic heterocycles. The van der Waals surface area contributed by atoms with E-state index in [-0.39, 0.29) is 0 Å². The van der Waals surface area contributed by atoms with Crippen LogP contribution >= 0.6 is 11.3 Å². The molecule has 0 atom stereocenters. The highest BCUT2D eigenvalue weighted by Gasteiger charge is 2.36. The standard InChI is InChI=1S/C14H8N3OS/c1-2-8-7-17-13(11(8)16-4-1)18-12-9-3-5-15-6-10(9)19-14(12)17/h1-6H,7H2/q+1. The quantitative estimate of drug-likeness (QED) is 0.405. The molecule has 1 aliphatic rings.